The summed E-state index contributed by atoms with van der Waals surface area (Å²) in [6.07, 6.45) is 0. The van der Waals surface area contributed by atoms with E-state index in [1.807, 2.05) is 37.3 Å². The van der Waals surface area contributed by atoms with Crippen molar-refractivity contribution in [1.29, 1.82) is 0 Å². The Bertz CT molecular complexity index is 1950. The average Bonchev–Trinajstić information content (AvgIpc) is 3.58. The van der Waals surface area contributed by atoms with E-state index in [1.165, 1.54) is 40.9 Å². The monoisotopic (exact) mass is 608 g/mol. The van der Waals surface area contributed by atoms with Crippen molar-refractivity contribution in [2.45, 2.75) is 30.0 Å². The third-order valence-corrected chi connectivity index (χ3v) is 9.45. The van der Waals surface area contributed by atoms with Gasteiger partial charge in [0.1, 0.15) is 5.76 Å². The van der Waals surface area contributed by atoms with E-state index >= 15 is 0 Å². The molecule has 1 aliphatic heterocycles. The molecule has 4 aromatic carbocycles. The fourth-order valence-corrected chi connectivity index (χ4v) is 7.05. The number of benzene rings is 4. The number of aliphatic hydroxyl groups excluding tert-OH is 1. The molecule has 1 unspecified atom stereocenters. The third kappa shape index (κ3) is 5.28. The molecule has 0 saturated carbocycles. The number of nitro benzene ring substituents is 1. The van der Waals surface area contributed by atoms with Crippen LogP contribution >= 0.6 is 23.1 Å². The van der Waals surface area contributed by atoms with Gasteiger partial charge in [0.05, 0.1) is 16.5 Å². The third-order valence-electron chi connectivity index (χ3n) is 7.35. The van der Waals surface area contributed by atoms with E-state index < -0.39 is 22.7 Å². The van der Waals surface area contributed by atoms with Gasteiger partial charge in [0.2, 0.25) is 5.13 Å². The number of carbonyl (C=O) groups excluding carboxylic acids is 2. The van der Waals surface area contributed by atoms with Crippen molar-refractivity contribution in [3.05, 3.63) is 128 Å². The molecule has 0 spiro atoms. The molecule has 1 aliphatic rings. The van der Waals surface area contributed by atoms with Crippen LogP contribution in [0.15, 0.2) is 94.8 Å². The predicted octanol–water partition coefficient (Wildman–Crippen LogP) is 7.13. The quantitative estimate of drug-likeness (QED) is 0.0393. The second kappa shape index (κ2) is 11.4. The van der Waals surface area contributed by atoms with E-state index in [4.69, 9.17) is 0 Å². The van der Waals surface area contributed by atoms with E-state index in [1.54, 1.807) is 13.0 Å². The fraction of sp³-hybridized carbons (Fsp3) is 0.125. The highest BCUT2D eigenvalue weighted by molar-refractivity contribution is 8.00. The molecule has 1 N–H and O–H groups in total. The number of nitrogens with zero attached hydrogens (tertiary/aromatic N) is 4. The van der Waals surface area contributed by atoms with Crippen LogP contribution in [0.3, 0.4) is 0 Å². The van der Waals surface area contributed by atoms with Gasteiger partial charge in [-0.1, -0.05) is 83.3 Å². The number of aromatic nitrogens is 2. The van der Waals surface area contributed by atoms with Crippen LogP contribution < -0.4 is 4.90 Å². The lowest BCUT2D eigenvalue weighted by atomic mass is 9.93. The predicted molar refractivity (Wildman–Crippen MR) is 167 cm³/mol. The molecule has 1 saturated heterocycles. The van der Waals surface area contributed by atoms with E-state index in [0.29, 0.717) is 21.2 Å². The normalized spacial score (nSPS) is 16.2. The van der Waals surface area contributed by atoms with Gasteiger partial charge < -0.3 is 5.11 Å². The van der Waals surface area contributed by atoms with Gasteiger partial charge >= 0.3 is 5.91 Å². The summed E-state index contributed by atoms with van der Waals surface area (Å²) in [5.41, 5.74) is 3.29. The lowest BCUT2D eigenvalue weighted by Crippen LogP contribution is -2.29. The van der Waals surface area contributed by atoms with Gasteiger partial charge in [-0.05, 0) is 59.5 Å². The smallest absolute Gasteiger partial charge is 0.301 e. The van der Waals surface area contributed by atoms with Crippen LogP contribution in [0.4, 0.5) is 10.8 Å². The SMILES string of the molecule is Cc1ccc(C)c(/C(O)=C2\C(=O)C(=O)N(c3nnc(SCc4cccc5ccccc45)s3)C2c2ccc([N+](=O)[O-])cc2)c1. The zero-order valence-electron chi connectivity index (χ0n) is 23.1. The second-order valence-corrected chi connectivity index (χ2v) is 12.3. The van der Waals surface area contributed by atoms with Crippen LogP contribution in [0.25, 0.3) is 16.5 Å². The van der Waals surface area contributed by atoms with E-state index in [9.17, 15) is 24.8 Å². The number of thioether (sulfide) groups is 1. The standard InChI is InChI=1S/C32H24N4O5S2/c1-18-10-11-19(2)25(16-18)28(37)26-27(21-12-14-23(15-13-21)36(40)41)35(30(39)29(26)38)31-33-34-32(43-31)42-17-22-8-5-7-20-6-3-4-9-24(20)22/h3-16,27,37H,17H2,1-2H3/b28-26+. The van der Waals surface area contributed by atoms with Crippen molar-refractivity contribution in [2.24, 2.45) is 0 Å². The van der Waals surface area contributed by atoms with Gasteiger partial charge in [-0.25, -0.2) is 0 Å². The molecule has 2 heterocycles. The Balaban J connectivity index is 1.40. The number of nitro groups is 1. The number of carbonyl (C=O) groups is 2. The number of anilines is 1. The van der Waals surface area contributed by atoms with E-state index in [-0.39, 0.29) is 22.2 Å². The highest BCUT2D eigenvalue weighted by Crippen LogP contribution is 2.44. The van der Waals surface area contributed by atoms with Gasteiger partial charge in [0.15, 0.2) is 4.34 Å². The lowest BCUT2D eigenvalue weighted by molar-refractivity contribution is -0.384. The fourth-order valence-electron chi connectivity index (χ4n) is 5.18. The number of non-ortho nitro benzene ring substituents is 1. The first-order valence-electron chi connectivity index (χ1n) is 13.3. The molecule has 6 rings (SSSR count). The van der Waals surface area contributed by atoms with Gasteiger partial charge in [-0.3, -0.25) is 24.6 Å². The molecule has 43 heavy (non-hydrogen) atoms. The molecule has 1 fully saturated rings. The molecule has 11 heteroatoms. The Hall–Kier alpha value is -4.87. The summed E-state index contributed by atoms with van der Waals surface area (Å²) >= 11 is 2.63. The Kier molecular flexibility index (Phi) is 7.51. The molecule has 1 aromatic heterocycles. The first kappa shape index (κ1) is 28.3. The van der Waals surface area contributed by atoms with Crippen LogP contribution in [0.5, 0.6) is 0 Å². The van der Waals surface area contributed by atoms with Gasteiger partial charge in [-0.2, -0.15) is 0 Å². The molecule has 1 atom stereocenters. The molecule has 0 bridgehead atoms. The minimum Gasteiger partial charge on any atom is -0.507 e. The Morgan fingerprint density at radius 3 is 2.51 bits per heavy atom. The van der Waals surface area contributed by atoms with E-state index in [0.717, 1.165) is 38.8 Å². The zero-order valence-corrected chi connectivity index (χ0v) is 24.7. The van der Waals surface area contributed by atoms with Gasteiger partial charge in [0, 0.05) is 23.4 Å². The molecule has 9 nitrogen and oxygen atoms in total. The summed E-state index contributed by atoms with van der Waals surface area (Å²) in [5, 5.41) is 33.8. The number of hydrogen-bond acceptors (Lipinski definition) is 9. The number of Topliss-reactive ketones (excluding diaryl/α,β-unsaturated/α-hetero) is 1. The van der Waals surface area contributed by atoms with Crippen LogP contribution in [0, 0.1) is 24.0 Å². The number of rotatable bonds is 7. The molecular formula is C32H24N4O5S2. The Morgan fingerprint density at radius 1 is 1.00 bits per heavy atom. The van der Waals surface area contributed by atoms with Crippen molar-refractivity contribution in [3.63, 3.8) is 0 Å². The van der Waals surface area contributed by atoms with E-state index in [2.05, 4.69) is 34.5 Å². The number of fused-ring (bicyclic) bond motifs is 1. The largest absolute Gasteiger partial charge is 0.507 e. The summed E-state index contributed by atoms with van der Waals surface area (Å²) in [6.45, 7) is 3.66. The number of ketones is 1. The van der Waals surface area contributed by atoms with Crippen molar-refractivity contribution < 1.29 is 19.6 Å². The second-order valence-electron chi connectivity index (χ2n) is 10.1. The summed E-state index contributed by atoms with van der Waals surface area (Å²) in [6, 6.07) is 24.2. The summed E-state index contributed by atoms with van der Waals surface area (Å²) in [4.78, 5) is 39.1. The zero-order chi connectivity index (χ0) is 30.2. The van der Waals surface area contributed by atoms with Gasteiger partial charge in [-0.15, -0.1) is 10.2 Å². The molecular weight excluding hydrogens is 585 g/mol. The molecule has 0 radical (unpaired) electrons. The summed E-state index contributed by atoms with van der Waals surface area (Å²) < 4.78 is 0.599. The topological polar surface area (TPSA) is 127 Å². The highest BCUT2D eigenvalue weighted by Gasteiger charge is 2.48. The molecule has 0 aliphatic carbocycles. The van der Waals surface area contributed by atoms with Crippen molar-refractivity contribution in [1.82, 2.24) is 10.2 Å². The summed E-state index contributed by atoms with van der Waals surface area (Å²) in [7, 11) is 0. The Labute approximate surface area is 254 Å². The van der Waals surface area contributed by atoms with Crippen LogP contribution in [-0.2, 0) is 15.3 Å². The van der Waals surface area contributed by atoms with Crippen LogP contribution in [-0.4, -0.2) is 31.9 Å². The number of amides is 1. The minimum absolute atomic E-state index is 0.118. The maximum Gasteiger partial charge on any atom is 0.301 e. The first-order valence-corrected chi connectivity index (χ1v) is 15.1. The number of aryl methyl sites for hydroxylation is 2. The van der Waals surface area contributed by atoms with Crippen molar-refractivity contribution in [3.8, 4) is 0 Å². The average molecular weight is 609 g/mol. The minimum atomic E-state index is -1.07. The number of hydrogen-bond donors (Lipinski definition) is 1. The van der Waals surface area contributed by atoms with Crippen LogP contribution in [0.1, 0.15) is 33.9 Å². The molecule has 214 valence electrons. The lowest BCUT2D eigenvalue weighted by Gasteiger charge is -2.22. The highest BCUT2D eigenvalue weighted by atomic mass is 32.2. The molecule has 5 aromatic rings. The van der Waals surface area contributed by atoms with Crippen LogP contribution in [0.2, 0.25) is 0 Å². The Morgan fingerprint density at radius 2 is 1.74 bits per heavy atom. The van der Waals surface area contributed by atoms with Gasteiger partial charge in [0.25, 0.3) is 11.5 Å². The molecule has 1 amide bonds. The van der Waals surface area contributed by atoms with Crippen molar-refractivity contribution in [2.75, 3.05) is 4.90 Å². The first-order chi connectivity index (χ1) is 20.7. The maximum absolute atomic E-state index is 13.6. The number of aliphatic hydroxyl groups is 1. The van der Waals surface area contributed by atoms with Crippen molar-refractivity contribution >= 4 is 62.1 Å². The maximum atomic E-state index is 13.6. The summed E-state index contributed by atoms with van der Waals surface area (Å²) in [5.74, 6) is -1.44.